The van der Waals surface area contributed by atoms with Gasteiger partial charge in [-0.3, -0.25) is 14.6 Å². The van der Waals surface area contributed by atoms with Crippen molar-refractivity contribution in [3.8, 4) is 5.75 Å². The third-order valence-corrected chi connectivity index (χ3v) is 9.05. The standard InChI is InChI=1S/C33H35F4N3O3/c1-21-11-23-12-25(43-17-22-5-3-2-4-6-22)7-8-26(23)32(40(21)15-29(36)37)31-27(34)13-24(14-28(31)35)39-19-33(20-39)9-10-38(18-33)16-30(41)42/h2-8,12-14,21,29,32H,9-11,15-20H2,1H3,(H,41,42)/t21-,32?/m1/s1. The zero-order valence-electron chi connectivity index (χ0n) is 24.0. The molecule has 0 bridgehead atoms. The lowest BCUT2D eigenvalue weighted by molar-refractivity contribution is -0.138. The number of nitrogens with zero attached hydrogens (tertiary/aromatic N) is 3. The summed E-state index contributed by atoms with van der Waals surface area (Å²) in [6.07, 6.45) is -1.40. The fraction of sp³-hybridized carbons (Fsp3) is 0.424. The Hall–Kier alpha value is -3.63. The van der Waals surface area contributed by atoms with Gasteiger partial charge in [0.15, 0.2) is 0 Å². The number of carbonyl (C=O) groups is 1. The number of likely N-dealkylation sites (tertiary alicyclic amines) is 1. The summed E-state index contributed by atoms with van der Waals surface area (Å²) in [5.74, 6) is -1.82. The summed E-state index contributed by atoms with van der Waals surface area (Å²) in [6, 6.07) is 16.2. The van der Waals surface area contributed by atoms with Gasteiger partial charge < -0.3 is 14.7 Å². The van der Waals surface area contributed by atoms with Gasteiger partial charge in [0.1, 0.15) is 24.0 Å². The molecule has 1 spiro atoms. The molecule has 1 N–H and O–H groups in total. The van der Waals surface area contributed by atoms with E-state index < -0.39 is 36.6 Å². The third kappa shape index (κ3) is 6.08. The molecule has 0 aliphatic carbocycles. The second-order valence-electron chi connectivity index (χ2n) is 12.2. The molecule has 3 aromatic rings. The third-order valence-electron chi connectivity index (χ3n) is 9.05. The van der Waals surface area contributed by atoms with E-state index in [0.29, 0.717) is 56.2 Å². The lowest BCUT2D eigenvalue weighted by Gasteiger charge is -2.49. The first-order valence-corrected chi connectivity index (χ1v) is 14.6. The van der Waals surface area contributed by atoms with Crippen LogP contribution in [0, 0.1) is 17.0 Å². The fourth-order valence-corrected chi connectivity index (χ4v) is 7.06. The predicted molar refractivity (Wildman–Crippen MR) is 155 cm³/mol. The Morgan fingerprint density at radius 2 is 1.77 bits per heavy atom. The number of halogens is 4. The molecule has 0 aromatic heterocycles. The Kier molecular flexibility index (Phi) is 8.08. The van der Waals surface area contributed by atoms with Gasteiger partial charge in [-0.05, 0) is 67.3 Å². The van der Waals surface area contributed by atoms with Crippen LogP contribution in [0.25, 0.3) is 0 Å². The number of carboxylic acid groups (broad SMARTS) is 1. The Morgan fingerprint density at radius 3 is 2.44 bits per heavy atom. The van der Waals surface area contributed by atoms with E-state index in [-0.39, 0.29) is 23.6 Å². The van der Waals surface area contributed by atoms with E-state index in [1.807, 2.05) is 46.2 Å². The molecule has 3 aliphatic heterocycles. The second kappa shape index (κ2) is 11.8. The molecule has 1 unspecified atom stereocenters. The van der Waals surface area contributed by atoms with E-state index in [1.165, 1.54) is 17.0 Å². The van der Waals surface area contributed by atoms with Crippen LogP contribution in [0.2, 0.25) is 0 Å². The molecule has 0 radical (unpaired) electrons. The first-order chi connectivity index (χ1) is 20.6. The van der Waals surface area contributed by atoms with Crippen molar-refractivity contribution < 1.29 is 32.2 Å². The first-order valence-electron chi connectivity index (χ1n) is 14.6. The number of carboxylic acids is 1. The molecule has 3 heterocycles. The highest BCUT2D eigenvalue weighted by molar-refractivity contribution is 5.69. The van der Waals surface area contributed by atoms with Crippen LogP contribution in [0.1, 0.15) is 41.6 Å². The predicted octanol–water partition coefficient (Wildman–Crippen LogP) is 5.74. The van der Waals surface area contributed by atoms with E-state index in [4.69, 9.17) is 9.84 Å². The number of aliphatic carboxylic acids is 1. The number of rotatable bonds is 9. The van der Waals surface area contributed by atoms with Gasteiger partial charge in [-0.2, -0.15) is 0 Å². The number of anilines is 1. The summed E-state index contributed by atoms with van der Waals surface area (Å²) in [7, 11) is 0. The molecule has 2 atom stereocenters. The summed E-state index contributed by atoms with van der Waals surface area (Å²) in [5.41, 5.74) is 2.47. The Bertz CT molecular complexity index is 1460. The van der Waals surface area contributed by atoms with Gasteiger partial charge in [-0.15, -0.1) is 0 Å². The summed E-state index contributed by atoms with van der Waals surface area (Å²) >= 11 is 0. The molecule has 6 rings (SSSR count). The first kappa shape index (κ1) is 29.4. The van der Waals surface area contributed by atoms with E-state index in [9.17, 15) is 13.6 Å². The topological polar surface area (TPSA) is 56.3 Å². The van der Waals surface area contributed by atoms with Gasteiger partial charge in [-0.1, -0.05) is 36.4 Å². The fourth-order valence-electron chi connectivity index (χ4n) is 7.06. The van der Waals surface area contributed by atoms with Crippen molar-refractivity contribution in [3.63, 3.8) is 0 Å². The number of alkyl halides is 2. The maximum Gasteiger partial charge on any atom is 0.317 e. The maximum absolute atomic E-state index is 15.9. The minimum absolute atomic E-state index is 0.0171. The van der Waals surface area contributed by atoms with Gasteiger partial charge in [-0.25, -0.2) is 17.6 Å². The van der Waals surface area contributed by atoms with Crippen LogP contribution in [-0.4, -0.2) is 72.6 Å². The lowest BCUT2D eigenvalue weighted by atomic mass is 9.78. The number of hydrogen-bond donors (Lipinski definition) is 1. The van der Waals surface area contributed by atoms with Crippen LogP contribution in [0.15, 0.2) is 60.7 Å². The van der Waals surface area contributed by atoms with Crippen molar-refractivity contribution in [2.24, 2.45) is 5.41 Å². The zero-order valence-corrected chi connectivity index (χ0v) is 24.0. The van der Waals surface area contributed by atoms with Gasteiger partial charge in [0, 0.05) is 42.3 Å². The molecule has 2 saturated heterocycles. The molecule has 43 heavy (non-hydrogen) atoms. The molecule has 6 nitrogen and oxygen atoms in total. The van der Waals surface area contributed by atoms with Gasteiger partial charge in [0.05, 0.1) is 19.1 Å². The van der Waals surface area contributed by atoms with Crippen molar-refractivity contribution in [1.29, 1.82) is 0 Å². The highest BCUT2D eigenvalue weighted by atomic mass is 19.3. The van der Waals surface area contributed by atoms with Gasteiger partial charge in [0.25, 0.3) is 6.43 Å². The van der Waals surface area contributed by atoms with E-state index in [1.54, 1.807) is 19.1 Å². The van der Waals surface area contributed by atoms with Crippen LogP contribution in [-0.2, 0) is 17.8 Å². The minimum Gasteiger partial charge on any atom is -0.489 e. The number of ether oxygens (including phenoxy) is 1. The quantitative estimate of drug-likeness (QED) is 0.318. The van der Waals surface area contributed by atoms with E-state index in [2.05, 4.69) is 0 Å². The number of fused-ring (bicyclic) bond motifs is 1. The van der Waals surface area contributed by atoms with Crippen LogP contribution in [0.3, 0.4) is 0 Å². The largest absolute Gasteiger partial charge is 0.489 e. The maximum atomic E-state index is 15.9. The molecule has 2 fully saturated rings. The molecule has 3 aromatic carbocycles. The van der Waals surface area contributed by atoms with Crippen molar-refractivity contribution in [1.82, 2.24) is 9.80 Å². The van der Waals surface area contributed by atoms with Crippen LogP contribution < -0.4 is 9.64 Å². The average molecular weight is 598 g/mol. The Labute approximate surface area is 248 Å². The summed E-state index contributed by atoms with van der Waals surface area (Å²) in [5, 5.41) is 9.10. The van der Waals surface area contributed by atoms with E-state index >= 15 is 8.78 Å². The average Bonchev–Trinajstić information content (AvgIpc) is 3.36. The molecule has 0 saturated carbocycles. The van der Waals surface area contributed by atoms with Crippen molar-refractivity contribution >= 4 is 11.7 Å². The van der Waals surface area contributed by atoms with Crippen molar-refractivity contribution in [3.05, 3.63) is 94.6 Å². The van der Waals surface area contributed by atoms with E-state index in [0.717, 1.165) is 17.5 Å². The SMILES string of the molecule is C[C@@H]1Cc2cc(OCc3ccccc3)ccc2C(c2c(F)cc(N3CC4(CCN(CC(=O)O)C4)C3)cc2F)N1CC(F)F. The highest BCUT2D eigenvalue weighted by Crippen LogP contribution is 2.45. The van der Waals surface area contributed by atoms with Crippen molar-refractivity contribution in [2.75, 3.05) is 44.2 Å². The molecular weight excluding hydrogens is 562 g/mol. The molecular formula is C33H35F4N3O3. The summed E-state index contributed by atoms with van der Waals surface area (Å²) < 4.78 is 65.4. The lowest BCUT2D eigenvalue weighted by Crippen LogP contribution is -2.58. The second-order valence-corrected chi connectivity index (χ2v) is 12.2. The highest BCUT2D eigenvalue weighted by Gasteiger charge is 2.48. The Morgan fingerprint density at radius 1 is 1.05 bits per heavy atom. The molecule has 228 valence electrons. The zero-order chi connectivity index (χ0) is 30.3. The van der Waals surface area contributed by atoms with Crippen LogP contribution in [0.5, 0.6) is 5.75 Å². The Balaban J connectivity index is 1.26. The van der Waals surface area contributed by atoms with Gasteiger partial charge >= 0.3 is 5.97 Å². The van der Waals surface area contributed by atoms with Crippen LogP contribution in [0.4, 0.5) is 23.2 Å². The molecule has 10 heteroatoms. The molecule has 3 aliphatic rings. The number of hydrogen-bond acceptors (Lipinski definition) is 5. The summed E-state index contributed by atoms with van der Waals surface area (Å²) in [6.45, 7) is 4.00. The minimum atomic E-state index is -2.67. The van der Waals surface area contributed by atoms with Gasteiger partial charge in [0.2, 0.25) is 0 Å². The monoisotopic (exact) mass is 597 g/mol. The summed E-state index contributed by atoms with van der Waals surface area (Å²) in [4.78, 5) is 16.4. The number of benzene rings is 3. The van der Waals surface area contributed by atoms with Crippen LogP contribution >= 0.6 is 0 Å². The molecule has 0 amide bonds. The normalized spacial score (nSPS) is 21.7. The smallest absolute Gasteiger partial charge is 0.317 e. The van der Waals surface area contributed by atoms with Crippen molar-refractivity contribution in [2.45, 2.75) is 44.9 Å².